The van der Waals surface area contributed by atoms with Crippen LogP contribution in [0.15, 0.2) is 32.3 Å². The highest BCUT2D eigenvalue weighted by Crippen LogP contribution is 2.45. The molecule has 4 nitrogen and oxygen atoms in total. The molecule has 0 aromatic carbocycles. The van der Waals surface area contributed by atoms with Crippen molar-refractivity contribution < 1.29 is 9.47 Å². The van der Waals surface area contributed by atoms with E-state index < -0.39 is 0 Å². The average molecular weight is 312 g/mol. The van der Waals surface area contributed by atoms with E-state index in [0.29, 0.717) is 13.2 Å². The SMILES string of the molecule is CC1=CS/C2=C3\SC=C(C)N3CCOCCOCCN12. The molecule has 0 amide bonds. The van der Waals surface area contributed by atoms with E-state index in [9.17, 15) is 0 Å². The lowest BCUT2D eigenvalue weighted by atomic mass is 10.4. The zero-order valence-corrected chi connectivity index (χ0v) is 13.6. The molecule has 3 aliphatic rings. The second-order valence-electron chi connectivity index (χ2n) is 4.89. The molecule has 0 aliphatic carbocycles. The van der Waals surface area contributed by atoms with Crippen molar-refractivity contribution in [3.05, 3.63) is 32.3 Å². The fourth-order valence-electron chi connectivity index (χ4n) is 2.38. The molecule has 0 saturated carbocycles. The third-order valence-corrected chi connectivity index (χ3v) is 5.82. The monoisotopic (exact) mass is 312 g/mol. The summed E-state index contributed by atoms with van der Waals surface area (Å²) in [6, 6.07) is 0. The summed E-state index contributed by atoms with van der Waals surface area (Å²) in [5.74, 6) is 0. The van der Waals surface area contributed by atoms with Crippen LogP contribution in [0.5, 0.6) is 0 Å². The van der Waals surface area contributed by atoms with Crippen molar-refractivity contribution in [1.82, 2.24) is 9.80 Å². The minimum atomic E-state index is 0.680. The summed E-state index contributed by atoms with van der Waals surface area (Å²) in [7, 11) is 0. The first-order valence-corrected chi connectivity index (χ1v) is 8.65. The van der Waals surface area contributed by atoms with Crippen LogP contribution in [0.25, 0.3) is 0 Å². The Labute approximate surface area is 128 Å². The number of thioether (sulfide) groups is 2. The van der Waals surface area contributed by atoms with Gasteiger partial charge in [0.1, 0.15) is 10.1 Å². The van der Waals surface area contributed by atoms with Crippen LogP contribution >= 0.6 is 23.5 Å². The number of rotatable bonds is 0. The molecule has 0 spiro atoms. The Morgan fingerprint density at radius 2 is 1.25 bits per heavy atom. The molecule has 20 heavy (non-hydrogen) atoms. The van der Waals surface area contributed by atoms with Crippen LogP contribution in [-0.2, 0) is 9.47 Å². The highest BCUT2D eigenvalue weighted by atomic mass is 32.2. The third kappa shape index (κ3) is 2.88. The number of hydrogen-bond acceptors (Lipinski definition) is 6. The molecular formula is C14H20N2O2S2. The Kier molecular flexibility index (Phi) is 4.65. The Hall–Kier alpha value is -0.560. The van der Waals surface area contributed by atoms with Crippen LogP contribution in [0.4, 0.5) is 0 Å². The lowest BCUT2D eigenvalue weighted by Gasteiger charge is -2.28. The smallest absolute Gasteiger partial charge is 0.111 e. The summed E-state index contributed by atoms with van der Waals surface area (Å²) in [5.41, 5.74) is 2.61. The van der Waals surface area contributed by atoms with Crippen molar-refractivity contribution in [2.45, 2.75) is 13.8 Å². The van der Waals surface area contributed by atoms with Crippen molar-refractivity contribution in [1.29, 1.82) is 0 Å². The highest BCUT2D eigenvalue weighted by molar-refractivity contribution is 8.09. The zero-order chi connectivity index (χ0) is 13.9. The van der Waals surface area contributed by atoms with Gasteiger partial charge in [0, 0.05) is 24.5 Å². The third-order valence-electron chi connectivity index (χ3n) is 3.50. The van der Waals surface area contributed by atoms with Gasteiger partial charge in [-0.15, -0.1) is 0 Å². The summed E-state index contributed by atoms with van der Waals surface area (Å²) >= 11 is 3.63. The Morgan fingerprint density at radius 3 is 1.70 bits per heavy atom. The van der Waals surface area contributed by atoms with Crippen LogP contribution < -0.4 is 0 Å². The zero-order valence-electron chi connectivity index (χ0n) is 11.9. The van der Waals surface area contributed by atoms with Gasteiger partial charge in [0.15, 0.2) is 0 Å². The van der Waals surface area contributed by atoms with Gasteiger partial charge in [-0.3, -0.25) is 0 Å². The van der Waals surface area contributed by atoms with E-state index in [1.807, 2.05) is 23.5 Å². The molecular weight excluding hydrogens is 292 g/mol. The van der Waals surface area contributed by atoms with Crippen molar-refractivity contribution in [2.75, 3.05) is 39.5 Å². The van der Waals surface area contributed by atoms with E-state index in [-0.39, 0.29) is 0 Å². The van der Waals surface area contributed by atoms with Gasteiger partial charge in [-0.1, -0.05) is 23.5 Å². The highest BCUT2D eigenvalue weighted by Gasteiger charge is 2.28. The second kappa shape index (κ2) is 6.47. The molecule has 3 heterocycles. The molecule has 0 aromatic rings. The van der Waals surface area contributed by atoms with E-state index in [2.05, 4.69) is 34.5 Å². The minimum absolute atomic E-state index is 0.680. The van der Waals surface area contributed by atoms with Gasteiger partial charge in [0.25, 0.3) is 0 Å². The molecule has 0 bridgehead atoms. The molecule has 0 saturated heterocycles. The summed E-state index contributed by atoms with van der Waals surface area (Å²) in [6.45, 7) is 8.98. The molecule has 3 aliphatic heterocycles. The fraction of sp³-hybridized carbons (Fsp3) is 0.571. The normalized spacial score (nSPS) is 28.3. The van der Waals surface area contributed by atoms with Crippen molar-refractivity contribution in [3.8, 4) is 0 Å². The number of nitrogens with zero attached hydrogens (tertiary/aromatic N) is 2. The molecule has 0 radical (unpaired) electrons. The average Bonchev–Trinajstić information content (AvgIpc) is 2.95. The van der Waals surface area contributed by atoms with Gasteiger partial charge < -0.3 is 19.3 Å². The van der Waals surface area contributed by atoms with Crippen LogP contribution in [0.1, 0.15) is 13.8 Å². The second-order valence-corrected chi connectivity index (χ2v) is 6.61. The lowest BCUT2D eigenvalue weighted by molar-refractivity contribution is 0.0390. The van der Waals surface area contributed by atoms with Crippen LogP contribution in [0.2, 0.25) is 0 Å². The van der Waals surface area contributed by atoms with E-state index >= 15 is 0 Å². The van der Waals surface area contributed by atoms with Crippen molar-refractivity contribution in [2.24, 2.45) is 0 Å². The van der Waals surface area contributed by atoms with E-state index in [1.165, 1.54) is 21.5 Å². The van der Waals surface area contributed by atoms with Gasteiger partial charge in [-0.2, -0.15) is 0 Å². The number of hydrogen-bond donors (Lipinski definition) is 0. The first kappa shape index (κ1) is 14.4. The Balaban J connectivity index is 1.87. The Morgan fingerprint density at radius 1 is 0.800 bits per heavy atom. The molecule has 0 N–H and O–H groups in total. The van der Waals surface area contributed by atoms with E-state index in [4.69, 9.17) is 9.47 Å². The summed E-state index contributed by atoms with van der Waals surface area (Å²) in [5, 5.41) is 7.10. The standard InChI is InChI=1S/C14H20N2O2S2/c1-11-9-19-13-14-16(12(2)10-20-14)4-6-18-8-7-17-5-3-15(11)13/h9-10H,3-8H2,1-2H3/b14-13-. The first-order valence-electron chi connectivity index (χ1n) is 6.89. The number of allylic oxidation sites excluding steroid dienone is 2. The van der Waals surface area contributed by atoms with Crippen molar-refractivity contribution >= 4 is 23.5 Å². The lowest BCUT2D eigenvalue weighted by Crippen LogP contribution is -2.29. The molecule has 3 rings (SSSR count). The predicted octanol–water partition coefficient (Wildman–Crippen LogP) is 2.98. The number of fused-ring (bicyclic) bond motifs is 2. The van der Waals surface area contributed by atoms with E-state index in [1.54, 1.807) is 0 Å². The van der Waals surface area contributed by atoms with Crippen LogP contribution in [0.3, 0.4) is 0 Å². The largest absolute Gasteiger partial charge is 0.377 e. The predicted molar refractivity (Wildman–Crippen MR) is 84.8 cm³/mol. The maximum Gasteiger partial charge on any atom is 0.111 e. The van der Waals surface area contributed by atoms with Crippen LogP contribution in [-0.4, -0.2) is 49.3 Å². The van der Waals surface area contributed by atoms with Crippen LogP contribution in [0, 0.1) is 0 Å². The van der Waals surface area contributed by atoms with Crippen molar-refractivity contribution in [3.63, 3.8) is 0 Å². The molecule has 0 aromatic heterocycles. The quantitative estimate of drug-likeness (QED) is 0.682. The van der Waals surface area contributed by atoms with Gasteiger partial charge in [-0.25, -0.2) is 0 Å². The van der Waals surface area contributed by atoms with Gasteiger partial charge >= 0.3 is 0 Å². The first-order chi connectivity index (χ1) is 9.77. The topological polar surface area (TPSA) is 24.9 Å². The van der Waals surface area contributed by atoms with Gasteiger partial charge in [-0.05, 0) is 24.7 Å². The molecule has 0 unspecified atom stereocenters. The molecule has 6 heteroatoms. The minimum Gasteiger partial charge on any atom is -0.377 e. The molecule has 110 valence electrons. The molecule has 0 atom stereocenters. The maximum atomic E-state index is 5.64. The maximum absolute atomic E-state index is 5.64. The summed E-state index contributed by atoms with van der Waals surface area (Å²) in [4.78, 5) is 4.74. The van der Waals surface area contributed by atoms with Gasteiger partial charge in [0.2, 0.25) is 0 Å². The Bertz CT molecular complexity index is 432. The van der Waals surface area contributed by atoms with E-state index in [0.717, 1.165) is 26.3 Å². The molecule has 0 fully saturated rings. The number of ether oxygens (including phenoxy) is 2. The summed E-state index contributed by atoms with van der Waals surface area (Å²) in [6.07, 6.45) is 0. The fourth-order valence-corrected chi connectivity index (χ4v) is 4.63. The van der Waals surface area contributed by atoms with Gasteiger partial charge in [0.05, 0.1) is 26.4 Å². The summed E-state index contributed by atoms with van der Waals surface area (Å²) < 4.78 is 11.3.